The van der Waals surface area contributed by atoms with Crippen LogP contribution in [0.3, 0.4) is 0 Å². The van der Waals surface area contributed by atoms with Crippen molar-refractivity contribution in [3.63, 3.8) is 0 Å². The van der Waals surface area contributed by atoms with Gasteiger partial charge in [-0.2, -0.15) is 13.2 Å². The van der Waals surface area contributed by atoms with Crippen LogP contribution >= 0.6 is 0 Å². The molecule has 1 atom stereocenters. The summed E-state index contributed by atoms with van der Waals surface area (Å²) in [5.74, 6) is 0.459. The van der Waals surface area contributed by atoms with Crippen LogP contribution in [-0.2, 0) is 12.7 Å². The van der Waals surface area contributed by atoms with Crippen molar-refractivity contribution in [2.45, 2.75) is 25.1 Å². The maximum absolute atomic E-state index is 15.3. The van der Waals surface area contributed by atoms with Crippen LogP contribution in [0.15, 0.2) is 48.8 Å². The molecular weight excluding hydrogens is 578 g/mol. The lowest BCUT2D eigenvalue weighted by Crippen LogP contribution is -2.44. The van der Waals surface area contributed by atoms with Crippen LogP contribution in [0.25, 0.3) is 16.8 Å². The maximum atomic E-state index is 15.3. The quantitative estimate of drug-likeness (QED) is 0.236. The highest BCUT2D eigenvalue weighted by Gasteiger charge is 2.34. The van der Waals surface area contributed by atoms with Crippen molar-refractivity contribution >= 4 is 28.7 Å². The van der Waals surface area contributed by atoms with E-state index in [9.17, 15) is 18.0 Å². The molecule has 0 saturated carbocycles. The normalized spacial score (nSPS) is 18.2. The summed E-state index contributed by atoms with van der Waals surface area (Å²) in [7, 11) is 1.98. The number of alkyl halides is 3. The smallest absolute Gasteiger partial charge is 0.382 e. The van der Waals surface area contributed by atoms with E-state index in [1.165, 1.54) is 24.3 Å². The molecule has 2 fully saturated rings. The average Bonchev–Trinajstić information content (AvgIpc) is 3.65. The molecule has 2 amide bonds. The number of amides is 2. The first-order valence-corrected chi connectivity index (χ1v) is 14.4. The van der Waals surface area contributed by atoms with Gasteiger partial charge in [-0.15, -0.1) is 0 Å². The first-order chi connectivity index (χ1) is 21.1. The molecule has 2 saturated heterocycles. The van der Waals surface area contributed by atoms with Gasteiger partial charge in [-0.25, -0.2) is 19.2 Å². The van der Waals surface area contributed by atoms with Gasteiger partial charge < -0.3 is 26.6 Å². The Hall–Kier alpha value is -4.27. The molecule has 0 radical (unpaired) electrons. The predicted molar refractivity (Wildman–Crippen MR) is 160 cm³/mol. The molecule has 232 valence electrons. The third-order valence-electron chi connectivity index (χ3n) is 8.19. The van der Waals surface area contributed by atoms with Gasteiger partial charge in [-0.1, -0.05) is 12.1 Å². The molecule has 6 rings (SSSR count). The Labute approximate surface area is 251 Å². The lowest BCUT2D eigenvalue weighted by molar-refractivity contribution is -0.138. The fourth-order valence-electron chi connectivity index (χ4n) is 5.80. The van der Waals surface area contributed by atoms with E-state index in [2.05, 4.69) is 25.8 Å². The number of rotatable bonds is 6. The fourth-order valence-corrected chi connectivity index (χ4v) is 5.80. The van der Waals surface area contributed by atoms with Crippen LogP contribution in [0, 0.1) is 5.82 Å². The number of nitrogen functional groups attached to an aromatic ring is 1. The summed E-state index contributed by atoms with van der Waals surface area (Å²) in [6.07, 6.45) is -0.348. The molecule has 4 aromatic rings. The number of piperazine rings is 1. The van der Waals surface area contributed by atoms with Crippen molar-refractivity contribution in [3.8, 4) is 11.3 Å². The van der Waals surface area contributed by atoms with Gasteiger partial charge in [0, 0.05) is 68.8 Å². The van der Waals surface area contributed by atoms with E-state index in [0.29, 0.717) is 29.9 Å². The second-order valence-electron chi connectivity index (χ2n) is 11.3. The van der Waals surface area contributed by atoms with Gasteiger partial charge in [0.2, 0.25) is 0 Å². The van der Waals surface area contributed by atoms with Crippen molar-refractivity contribution in [3.05, 3.63) is 71.6 Å². The topological polar surface area (TPSA) is 116 Å². The Morgan fingerprint density at radius 1 is 1.11 bits per heavy atom. The fraction of sp³-hybridized carbons (Fsp3) is 0.367. The number of benzene rings is 2. The number of aromatic nitrogens is 3. The second-order valence-corrected chi connectivity index (χ2v) is 11.3. The van der Waals surface area contributed by atoms with Crippen LogP contribution in [0.2, 0.25) is 0 Å². The summed E-state index contributed by atoms with van der Waals surface area (Å²) in [4.78, 5) is 25.8. The molecule has 2 aromatic carbocycles. The summed E-state index contributed by atoms with van der Waals surface area (Å²) in [5.41, 5.74) is 6.75. The van der Waals surface area contributed by atoms with E-state index in [1.54, 1.807) is 18.5 Å². The minimum Gasteiger partial charge on any atom is -0.382 e. The Balaban J connectivity index is 1.19. The van der Waals surface area contributed by atoms with Crippen LogP contribution in [0.4, 0.5) is 39.5 Å². The minimum absolute atomic E-state index is 0.0598. The molecule has 44 heavy (non-hydrogen) atoms. The van der Waals surface area contributed by atoms with E-state index in [1.807, 2.05) is 16.3 Å². The highest BCUT2D eigenvalue weighted by Crippen LogP contribution is 2.36. The van der Waals surface area contributed by atoms with Gasteiger partial charge in [0.25, 0.3) is 0 Å². The number of urea groups is 1. The molecule has 2 aliphatic rings. The van der Waals surface area contributed by atoms with Crippen molar-refractivity contribution in [2.24, 2.45) is 0 Å². The van der Waals surface area contributed by atoms with Gasteiger partial charge >= 0.3 is 12.2 Å². The zero-order chi connectivity index (χ0) is 31.0. The number of carbonyl (C=O) groups excluding carboxylic acids is 1. The van der Waals surface area contributed by atoms with Crippen LogP contribution in [0.5, 0.6) is 0 Å². The number of nitrogens with zero attached hydrogens (tertiary/aromatic N) is 5. The summed E-state index contributed by atoms with van der Waals surface area (Å²) in [6.45, 7) is 4.67. The van der Waals surface area contributed by atoms with Gasteiger partial charge in [-0.05, 0) is 49.8 Å². The van der Waals surface area contributed by atoms with Gasteiger partial charge in [0.15, 0.2) is 0 Å². The minimum atomic E-state index is -4.61. The number of imidazole rings is 1. The van der Waals surface area contributed by atoms with Crippen LogP contribution in [0.1, 0.15) is 29.3 Å². The predicted octanol–water partition coefficient (Wildman–Crippen LogP) is 4.60. The number of carbonyl (C=O) groups is 1. The Morgan fingerprint density at radius 2 is 1.91 bits per heavy atom. The molecule has 2 aromatic heterocycles. The molecule has 2 aliphatic heterocycles. The highest BCUT2D eigenvalue weighted by molar-refractivity contribution is 6.00. The van der Waals surface area contributed by atoms with Gasteiger partial charge in [0.05, 0.1) is 11.3 Å². The monoisotopic (exact) mass is 611 g/mol. The number of nitrogens with one attached hydrogen (secondary N) is 3. The molecule has 0 aliphatic carbocycles. The lowest BCUT2D eigenvalue weighted by Gasteiger charge is -2.33. The van der Waals surface area contributed by atoms with Gasteiger partial charge in [0.1, 0.15) is 28.7 Å². The van der Waals surface area contributed by atoms with E-state index >= 15 is 4.39 Å². The number of hydrogen-bond acceptors (Lipinski definition) is 7. The first kappa shape index (κ1) is 29.8. The maximum Gasteiger partial charge on any atom is 0.416 e. The molecule has 1 unspecified atom stereocenters. The molecule has 0 bridgehead atoms. The Kier molecular flexibility index (Phi) is 8.14. The third-order valence-corrected chi connectivity index (χ3v) is 8.19. The standard InChI is InChI=1S/C30H33F4N9O/c1-41-10-12-42(13-11-41)17-20-2-4-21(15-22(20)30(32,33)34)38-29(44)39-24-5-3-18(14-23(24)31)25-26-27(35)37-8-9-43(26)28(40-25)19-6-7-36-16-19/h2-5,8-9,14-15,19,36H,6-7,10-13,16-17H2,1H3,(H2,35,37)(H2,38,39,44). The van der Waals surface area contributed by atoms with Crippen molar-refractivity contribution < 1.29 is 22.4 Å². The Morgan fingerprint density at radius 3 is 2.61 bits per heavy atom. The zero-order valence-electron chi connectivity index (χ0n) is 24.1. The Bertz CT molecular complexity index is 1680. The SMILES string of the molecule is CN1CCN(Cc2ccc(NC(=O)Nc3ccc(-c4nc(C5CCNC5)n5ccnc(N)c45)cc3F)cc2C(F)(F)F)CC1. The van der Waals surface area contributed by atoms with Gasteiger partial charge in [-0.3, -0.25) is 9.30 Å². The molecule has 5 N–H and O–H groups in total. The van der Waals surface area contributed by atoms with Crippen LogP contribution in [-0.4, -0.2) is 76.5 Å². The van der Waals surface area contributed by atoms with E-state index in [-0.39, 0.29) is 35.2 Å². The summed E-state index contributed by atoms with van der Waals surface area (Å²) >= 11 is 0. The van der Waals surface area contributed by atoms with Crippen molar-refractivity contribution in [2.75, 3.05) is 62.7 Å². The van der Waals surface area contributed by atoms with E-state index in [4.69, 9.17) is 10.7 Å². The van der Waals surface area contributed by atoms with E-state index in [0.717, 1.165) is 44.5 Å². The number of hydrogen-bond donors (Lipinski definition) is 4. The zero-order valence-corrected chi connectivity index (χ0v) is 24.1. The molecule has 14 heteroatoms. The molecule has 10 nitrogen and oxygen atoms in total. The largest absolute Gasteiger partial charge is 0.416 e. The number of anilines is 3. The molecule has 4 heterocycles. The number of nitrogens with two attached hydrogens (primary N) is 1. The summed E-state index contributed by atoms with van der Waals surface area (Å²) in [6, 6.07) is 7.02. The molecular formula is C30H33F4N9O. The highest BCUT2D eigenvalue weighted by atomic mass is 19.4. The van der Waals surface area contributed by atoms with Crippen molar-refractivity contribution in [1.82, 2.24) is 29.5 Å². The second kappa shape index (κ2) is 12.0. The van der Waals surface area contributed by atoms with E-state index < -0.39 is 23.6 Å². The van der Waals surface area contributed by atoms with Crippen LogP contribution < -0.4 is 21.7 Å². The number of likely N-dealkylation sites (N-methyl/N-ethyl adjacent to an activating group) is 1. The molecule has 0 spiro atoms. The number of halogens is 4. The summed E-state index contributed by atoms with van der Waals surface area (Å²) in [5, 5.41) is 8.10. The number of fused-ring (bicyclic) bond motifs is 1. The average molecular weight is 612 g/mol. The summed E-state index contributed by atoms with van der Waals surface area (Å²) < 4.78 is 59.0. The first-order valence-electron chi connectivity index (χ1n) is 14.4. The lowest BCUT2D eigenvalue weighted by atomic mass is 10.0. The van der Waals surface area contributed by atoms with Crippen molar-refractivity contribution in [1.29, 1.82) is 0 Å². The third kappa shape index (κ3) is 6.18.